The summed E-state index contributed by atoms with van der Waals surface area (Å²) in [6, 6.07) is 12.8. The fourth-order valence-electron chi connectivity index (χ4n) is 2.37. The zero-order valence-electron chi connectivity index (χ0n) is 13.2. The third kappa shape index (κ3) is 4.08. The van der Waals surface area contributed by atoms with Crippen LogP contribution in [0.15, 0.2) is 48.0 Å². The molecule has 2 aromatic carbocycles. The summed E-state index contributed by atoms with van der Waals surface area (Å²) >= 11 is 0. The minimum absolute atomic E-state index is 0.168. The van der Waals surface area contributed by atoms with Crippen molar-refractivity contribution in [2.24, 2.45) is 5.73 Å². The average molecular weight is 283 g/mol. The van der Waals surface area contributed by atoms with Crippen LogP contribution in [0.4, 0.5) is 0 Å². The first-order valence-corrected chi connectivity index (χ1v) is 7.64. The molecule has 112 valence electrons. The van der Waals surface area contributed by atoms with E-state index in [2.05, 4.69) is 63.2 Å². The molecule has 0 aliphatic carbocycles. The van der Waals surface area contributed by atoms with Gasteiger partial charge in [0.2, 0.25) is 0 Å². The zero-order valence-corrected chi connectivity index (χ0v) is 13.2. The maximum atomic E-state index is 6.17. The monoisotopic (exact) mass is 283 g/mol. The van der Waals surface area contributed by atoms with Gasteiger partial charge in [-0.25, -0.2) is 0 Å². The number of nitrogens with two attached hydrogens (primary N) is 1. The molecular formula is C19H25NO. The van der Waals surface area contributed by atoms with Gasteiger partial charge in [-0.3, -0.25) is 0 Å². The van der Waals surface area contributed by atoms with Gasteiger partial charge >= 0.3 is 0 Å². The highest BCUT2D eigenvalue weighted by Crippen LogP contribution is 2.29. The van der Waals surface area contributed by atoms with Crippen LogP contribution in [-0.4, -0.2) is 12.6 Å². The summed E-state index contributed by atoms with van der Waals surface area (Å²) in [5.74, 6) is 0.954. The third-order valence-corrected chi connectivity index (χ3v) is 3.72. The van der Waals surface area contributed by atoms with Gasteiger partial charge in [0.25, 0.3) is 0 Å². The van der Waals surface area contributed by atoms with Crippen LogP contribution in [0.3, 0.4) is 0 Å². The van der Waals surface area contributed by atoms with Crippen LogP contribution in [0.5, 0.6) is 5.75 Å². The first kappa shape index (κ1) is 15.6. The third-order valence-electron chi connectivity index (χ3n) is 3.72. The lowest BCUT2D eigenvalue weighted by atomic mass is 9.97. The molecule has 2 aromatic rings. The van der Waals surface area contributed by atoms with E-state index < -0.39 is 0 Å². The van der Waals surface area contributed by atoms with E-state index >= 15 is 0 Å². The molecule has 0 aliphatic heterocycles. The van der Waals surface area contributed by atoms with Crippen molar-refractivity contribution >= 4 is 10.8 Å². The fourth-order valence-corrected chi connectivity index (χ4v) is 2.37. The lowest BCUT2D eigenvalue weighted by molar-refractivity contribution is 0.357. The highest BCUT2D eigenvalue weighted by molar-refractivity contribution is 5.87. The molecule has 0 heterocycles. The van der Waals surface area contributed by atoms with Crippen molar-refractivity contribution in [3.63, 3.8) is 0 Å². The highest BCUT2D eigenvalue weighted by atomic mass is 16.5. The summed E-state index contributed by atoms with van der Waals surface area (Å²) in [6.07, 6.45) is 3.91. The molecular weight excluding hydrogens is 258 g/mol. The van der Waals surface area contributed by atoms with Crippen molar-refractivity contribution in [1.29, 1.82) is 0 Å². The molecule has 21 heavy (non-hydrogen) atoms. The standard InChI is InChI=1S/C19H25NO/c1-4-16(20)13-18-17-8-6-5-7-15(17)9-10-19(18)21-12-11-14(2)3/h5-11,16H,4,12-13,20H2,1-3H3. The molecule has 0 fully saturated rings. The van der Waals surface area contributed by atoms with Crippen molar-refractivity contribution in [2.45, 2.75) is 39.7 Å². The normalized spacial score (nSPS) is 12.2. The molecule has 0 bridgehead atoms. The van der Waals surface area contributed by atoms with Crippen LogP contribution in [-0.2, 0) is 6.42 Å². The lowest BCUT2D eigenvalue weighted by Crippen LogP contribution is -2.22. The van der Waals surface area contributed by atoms with Crippen LogP contribution < -0.4 is 10.5 Å². The second-order valence-corrected chi connectivity index (χ2v) is 5.73. The van der Waals surface area contributed by atoms with Gasteiger partial charge in [0.05, 0.1) is 0 Å². The number of ether oxygens (including phenoxy) is 1. The number of hydrogen-bond donors (Lipinski definition) is 1. The molecule has 2 heteroatoms. The van der Waals surface area contributed by atoms with Gasteiger partial charge in [-0.1, -0.05) is 42.8 Å². The molecule has 0 aliphatic rings. The van der Waals surface area contributed by atoms with Crippen molar-refractivity contribution in [3.8, 4) is 5.75 Å². The van der Waals surface area contributed by atoms with Crippen LogP contribution in [0.1, 0.15) is 32.8 Å². The number of hydrogen-bond acceptors (Lipinski definition) is 2. The first-order valence-electron chi connectivity index (χ1n) is 7.64. The molecule has 0 saturated heterocycles. The maximum absolute atomic E-state index is 6.17. The second-order valence-electron chi connectivity index (χ2n) is 5.73. The van der Waals surface area contributed by atoms with Crippen LogP contribution in [0.2, 0.25) is 0 Å². The van der Waals surface area contributed by atoms with Gasteiger partial charge in [-0.05, 0) is 49.6 Å². The summed E-state index contributed by atoms with van der Waals surface area (Å²) in [5, 5.41) is 2.49. The van der Waals surface area contributed by atoms with Gasteiger partial charge in [-0.15, -0.1) is 0 Å². The fraction of sp³-hybridized carbons (Fsp3) is 0.368. The maximum Gasteiger partial charge on any atom is 0.123 e. The minimum atomic E-state index is 0.168. The van der Waals surface area contributed by atoms with Gasteiger partial charge < -0.3 is 10.5 Å². The van der Waals surface area contributed by atoms with E-state index in [-0.39, 0.29) is 6.04 Å². The number of rotatable bonds is 6. The Morgan fingerprint density at radius 1 is 1.19 bits per heavy atom. The van der Waals surface area contributed by atoms with Crippen molar-refractivity contribution < 1.29 is 4.74 Å². The Labute approximate surface area is 127 Å². The quantitative estimate of drug-likeness (QED) is 0.794. The predicted octanol–water partition coefficient (Wildman–Crippen LogP) is 4.46. The summed E-state index contributed by atoms with van der Waals surface area (Å²) in [7, 11) is 0. The molecule has 1 unspecified atom stereocenters. The summed E-state index contributed by atoms with van der Waals surface area (Å²) in [4.78, 5) is 0. The van der Waals surface area contributed by atoms with Crippen molar-refractivity contribution in [1.82, 2.24) is 0 Å². The SMILES string of the molecule is CCC(N)Cc1c(OCC=C(C)C)ccc2ccccc12. The Kier molecular flexibility index (Phi) is 5.40. The molecule has 0 amide bonds. The van der Waals surface area contributed by atoms with E-state index in [1.54, 1.807) is 0 Å². The van der Waals surface area contributed by atoms with E-state index in [0.717, 1.165) is 18.6 Å². The summed E-state index contributed by atoms with van der Waals surface area (Å²) in [5.41, 5.74) is 8.67. The van der Waals surface area contributed by atoms with Crippen molar-refractivity contribution in [3.05, 3.63) is 53.6 Å². The zero-order chi connectivity index (χ0) is 15.2. The minimum Gasteiger partial charge on any atom is -0.489 e. The molecule has 0 saturated carbocycles. The topological polar surface area (TPSA) is 35.2 Å². The predicted molar refractivity (Wildman–Crippen MR) is 90.8 cm³/mol. The van der Waals surface area contributed by atoms with Gasteiger partial charge in [0.15, 0.2) is 0 Å². The van der Waals surface area contributed by atoms with Gasteiger partial charge in [0.1, 0.15) is 12.4 Å². The van der Waals surface area contributed by atoms with E-state index in [0.29, 0.717) is 6.61 Å². The Hall–Kier alpha value is -1.80. The molecule has 1 atom stereocenters. The average Bonchev–Trinajstić information content (AvgIpc) is 2.48. The molecule has 0 aromatic heterocycles. The lowest BCUT2D eigenvalue weighted by Gasteiger charge is -2.16. The first-order chi connectivity index (χ1) is 10.1. The Bertz CT molecular complexity index is 626. The van der Waals surface area contributed by atoms with Crippen molar-refractivity contribution in [2.75, 3.05) is 6.61 Å². The number of benzene rings is 2. The molecule has 0 radical (unpaired) electrons. The van der Waals surface area contributed by atoms with Crippen LogP contribution in [0, 0.1) is 0 Å². The molecule has 2 N–H and O–H groups in total. The Morgan fingerprint density at radius 2 is 1.95 bits per heavy atom. The highest BCUT2D eigenvalue weighted by Gasteiger charge is 2.11. The Balaban J connectivity index is 2.38. The number of allylic oxidation sites excluding steroid dienone is 1. The van der Waals surface area contributed by atoms with Gasteiger partial charge in [-0.2, -0.15) is 0 Å². The van der Waals surface area contributed by atoms with E-state index in [4.69, 9.17) is 10.5 Å². The number of fused-ring (bicyclic) bond motifs is 1. The largest absolute Gasteiger partial charge is 0.489 e. The van der Waals surface area contributed by atoms with E-state index in [1.165, 1.54) is 21.9 Å². The smallest absolute Gasteiger partial charge is 0.123 e. The molecule has 2 nitrogen and oxygen atoms in total. The molecule has 2 rings (SSSR count). The van der Waals surface area contributed by atoms with Gasteiger partial charge in [0, 0.05) is 11.6 Å². The van der Waals surface area contributed by atoms with Crippen LogP contribution >= 0.6 is 0 Å². The summed E-state index contributed by atoms with van der Waals surface area (Å²) in [6.45, 7) is 6.89. The van der Waals surface area contributed by atoms with E-state index in [9.17, 15) is 0 Å². The van der Waals surface area contributed by atoms with E-state index in [1.807, 2.05) is 0 Å². The summed E-state index contributed by atoms with van der Waals surface area (Å²) < 4.78 is 5.97. The Morgan fingerprint density at radius 3 is 2.67 bits per heavy atom. The van der Waals surface area contributed by atoms with Crippen LogP contribution in [0.25, 0.3) is 10.8 Å². The molecule has 0 spiro atoms. The second kappa shape index (κ2) is 7.28.